The Morgan fingerprint density at radius 1 is 0.527 bits per heavy atom. The summed E-state index contributed by atoms with van der Waals surface area (Å²) >= 11 is 0. The standard InChI is InChI=1S/2C17H13N3O6S.Ba/c2*1-10-6-7-14(20(22)23)13(8-10)18-19-17-12-5-3-2-4-11(12)16(9-15(17)21)27(24,25)26;/h2*2-9H,1H3,(H2-,18,21,22,23,24,25,26);/q;;+2. The van der Waals surface area contributed by atoms with Gasteiger partial charge in [0, 0.05) is 45.8 Å². The molecule has 6 aromatic carbocycles. The van der Waals surface area contributed by atoms with Crippen molar-refractivity contribution in [2.45, 2.75) is 23.6 Å². The first kappa shape index (κ1) is 42.6. The van der Waals surface area contributed by atoms with Crippen LogP contribution in [0.3, 0.4) is 0 Å². The van der Waals surface area contributed by atoms with Crippen molar-refractivity contribution in [2.75, 3.05) is 0 Å². The number of hydrogen-bond donors (Lipinski definition) is 4. The molecular weight excluding hydrogens is 886 g/mol. The Balaban J connectivity index is 0.000000240. The zero-order valence-corrected chi connectivity index (χ0v) is 34.6. The summed E-state index contributed by atoms with van der Waals surface area (Å²) in [5.74, 6) is -1.13. The molecule has 55 heavy (non-hydrogen) atoms. The van der Waals surface area contributed by atoms with E-state index >= 15 is 0 Å². The van der Waals surface area contributed by atoms with Crippen molar-refractivity contribution in [3.05, 3.63) is 118 Å². The number of rotatable bonds is 8. The van der Waals surface area contributed by atoms with E-state index in [9.17, 15) is 56.4 Å². The van der Waals surface area contributed by atoms with E-state index in [2.05, 4.69) is 20.5 Å². The van der Waals surface area contributed by atoms with Crippen LogP contribution in [-0.4, -0.2) is 105 Å². The summed E-state index contributed by atoms with van der Waals surface area (Å²) in [7, 11) is -9.65. The number of fused-ring (bicyclic) bond motifs is 2. The third-order valence-electron chi connectivity index (χ3n) is 7.64. The molecule has 4 N–H and O–H groups in total. The number of phenols is 2. The molecule has 0 amide bonds. The first-order chi connectivity index (χ1) is 25.4. The summed E-state index contributed by atoms with van der Waals surface area (Å²) in [4.78, 5) is 20.6. The van der Waals surface area contributed by atoms with Gasteiger partial charge < -0.3 is 19.3 Å². The van der Waals surface area contributed by atoms with Crippen molar-refractivity contribution in [1.82, 2.24) is 0 Å². The Labute approximate surface area is 351 Å². The summed E-state index contributed by atoms with van der Waals surface area (Å²) in [5.41, 5.74) is 1.08. The predicted molar refractivity (Wildman–Crippen MR) is 194 cm³/mol. The van der Waals surface area contributed by atoms with Gasteiger partial charge in [-0.25, -0.2) is 27.3 Å². The molecule has 276 valence electrons. The molecule has 0 aliphatic rings. The van der Waals surface area contributed by atoms with Crippen LogP contribution >= 0.6 is 0 Å². The normalized spacial score (nSPS) is 11.7. The second-order valence-electron chi connectivity index (χ2n) is 11.4. The van der Waals surface area contributed by atoms with Gasteiger partial charge in [-0.1, -0.05) is 60.7 Å². The van der Waals surface area contributed by atoms with Crippen LogP contribution in [-0.2, 0) is 20.2 Å². The molecule has 0 heterocycles. The Morgan fingerprint density at radius 2 is 0.855 bits per heavy atom. The number of hydrogen-bond acceptors (Lipinski definition) is 14. The molecule has 0 aliphatic heterocycles. The SMILES string of the molecule is Cc1ccc([N+](=O)O)c(N=Nc2c(O)cc(S(=O)(=O)[O-])c3ccccc23)c1.Cc1ccc([N+](=O)O)c(N=Nc2c(O)cc(S(=O)(=O)[O-])c3ccccc23)c1.[Ba+2]. The summed E-state index contributed by atoms with van der Waals surface area (Å²) in [5, 5.41) is 54.9. The minimum atomic E-state index is -4.82. The van der Waals surface area contributed by atoms with Crippen molar-refractivity contribution in [1.29, 1.82) is 0 Å². The van der Waals surface area contributed by atoms with E-state index in [0.29, 0.717) is 0 Å². The van der Waals surface area contributed by atoms with Gasteiger partial charge >= 0.3 is 60.3 Å². The van der Waals surface area contributed by atoms with E-state index in [1.54, 1.807) is 38.1 Å². The fourth-order valence-corrected chi connectivity index (χ4v) is 6.61. The second kappa shape index (κ2) is 17.1. The number of phenolic OH excluding ortho intramolecular Hbond substituents is 2. The van der Waals surface area contributed by atoms with E-state index in [4.69, 9.17) is 0 Å². The zero-order chi connectivity index (χ0) is 39.5. The Bertz CT molecular complexity index is 2610. The fraction of sp³-hybridized carbons (Fsp3) is 0.0588. The van der Waals surface area contributed by atoms with Crippen molar-refractivity contribution in [2.24, 2.45) is 20.5 Å². The second-order valence-corrected chi connectivity index (χ2v) is 14.1. The number of aromatic hydroxyl groups is 2. The van der Waals surface area contributed by atoms with Gasteiger partial charge in [0.1, 0.15) is 43.1 Å². The van der Waals surface area contributed by atoms with Gasteiger partial charge in [0.25, 0.3) is 9.85 Å². The molecule has 0 saturated carbocycles. The smallest absolute Gasteiger partial charge is 0.744 e. The molecule has 18 nitrogen and oxygen atoms in total. The third kappa shape index (κ3) is 9.75. The fourth-order valence-electron chi connectivity index (χ4n) is 5.21. The molecule has 0 radical (unpaired) electrons. The average Bonchev–Trinajstić information content (AvgIpc) is 3.09. The maximum absolute atomic E-state index is 11.5. The molecule has 6 rings (SSSR count). The van der Waals surface area contributed by atoms with Crippen molar-refractivity contribution < 1.29 is 56.4 Å². The zero-order valence-electron chi connectivity index (χ0n) is 28.5. The number of aryl methyl sites for hydroxylation is 2. The molecule has 0 atom stereocenters. The van der Waals surface area contributed by atoms with Crippen LogP contribution < -0.4 is 0 Å². The number of nitrogens with zero attached hydrogens (tertiary/aromatic N) is 6. The maximum Gasteiger partial charge on any atom is 2.00 e. The topological polar surface area (TPSA) is 285 Å². The van der Waals surface area contributed by atoms with E-state index in [0.717, 1.165) is 23.3 Å². The minimum Gasteiger partial charge on any atom is -0.744 e. The van der Waals surface area contributed by atoms with Gasteiger partial charge in [0.05, 0.1) is 19.6 Å². The number of benzene rings is 6. The quantitative estimate of drug-likeness (QED) is 0.0498. The van der Waals surface area contributed by atoms with Gasteiger partial charge in [-0.15, -0.1) is 20.5 Å². The Kier molecular flexibility index (Phi) is 13.2. The molecule has 6 aromatic rings. The molecule has 0 aromatic heterocycles. The molecule has 0 fully saturated rings. The Morgan fingerprint density at radius 3 is 1.16 bits per heavy atom. The van der Waals surface area contributed by atoms with Crippen molar-refractivity contribution in [3.8, 4) is 11.5 Å². The van der Waals surface area contributed by atoms with Gasteiger partial charge in [0.2, 0.25) is 0 Å². The van der Waals surface area contributed by atoms with Gasteiger partial charge in [-0.3, -0.25) is 0 Å². The minimum absolute atomic E-state index is 0. The van der Waals surface area contributed by atoms with Crippen LogP contribution in [0.2, 0.25) is 0 Å². The molecule has 0 spiro atoms. The molecule has 0 aliphatic carbocycles. The molecule has 21 heteroatoms. The van der Waals surface area contributed by atoms with E-state index in [-0.39, 0.29) is 114 Å². The Hall–Kier alpha value is -5.17. The summed E-state index contributed by atoms with van der Waals surface area (Å²) in [6.07, 6.45) is 0. The van der Waals surface area contributed by atoms with Crippen LogP contribution in [0.15, 0.2) is 127 Å². The summed E-state index contributed by atoms with van der Waals surface area (Å²) < 4.78 is 68.7. The molecule has 0 saturated heterocycles. The van der Waals surface area contributed by atoms with Gasteiger partial charge in [0.15, 0.2) is 11.4 Å². The van der Waals surface area contributed by atoms with E-state index in [1.165, 1.54) is 60.7 Å². The summed E-state index contributed by atoms with van der Waals surface area (Å²) in [6.45, 7) is 3.49. The first-order valence-electron chi connectivity index (χ1n) is 15.1. The number of azo groups is 2. The predicted octanol–water partition coefficient (Wildman–Crippen LogP) is 7.57. The monoisotopic (exact) mass is 912 g/mol. The third-order valence-corrected chi connectivity index (χ3v) is 9.40. The van der Waals surface area contributed by atoms with Gasteiger partial charge in [-0.2, -0.15) is 0 Å². The maximum atomic E-state index is 11.5. The van der Waals surface area contributed by atoms with Crippen LogP contribution in [0.4, 0.5) is 34.1 Å². The first-order valence-corrected chi connectivity index (χ1v) is 18.0. The van der Waals surface area contributed by atoms with Crippen LogP contribution in [0.1, 0.15) is 11.1 Å². The van der Waals surface area contributed by atoms with E-state index in [1.807, 2.05) is 0 Å². The molecule has 0 bridgehead atoms. The molecular formula is C34H26BaN6O12S2+2. The van der Waals surface area contributed by atoms with Crippen LogP contribution in [0.25, 0.3) is 21.5 Å². The molecule has 0 unspecified atom stereocenters. The van der Waals surface area contributed by atoms with Crippen molar-refractivity contribution in [3.63, 3.8) is 0 Å². The van der Waals surface area contributed by atoms with Crippen LogP contribution in [0, 0.1) is 23.7 Å². The summed E-state index contributed by atoms with van der Waals surface area (Å²) in [6, 6.07) is 22.5. The van der Waals surface area contributed by atoms with Crippen LogP contribution in [0.5, 0.6) is 11.5 Å². The van der Waals surface area contributed by atoms with Gasteiger partial charge in [-0.05, 0) is 37.1 Å². The van der Waals surface area contributed by atoms with Crippen molar-refractivity contribution >= 4 is 125 Å². The average molecular weight is 912 g/mol. The van der Waals surface area contributed by atoms with E-state index < -0.39 is 41.5 Å². The largest absolute Gasteiger partial charge is 2.00 e.